The van der Waals surface area contributed by atoms with E-state index in [2.05, 4.69) is 0 Å². The standard InChI is InChI=1S/C32H28O10/c33-29(34)22-4-1-19(12-24(22)31(37)38)41-20-3-6-27(42-21-2-5-23(30(35)36)25(13-21)32(39)40)26(14-20)28-17-8-15-7-16(10-17)11-18(28)9-15/h1-6,12-18,28H,7-11H2,(H,33,34)(H,35,36)(H,37,38)(H,39,40). The van der Waals surface area contributed by atoms with Crippen molar-refractivity contribution in [3.63, 3.8) is 0 Å². The molecular formula is C32H28O10. The molecule has 0 heterocycles. The number of carbonyl (C=O) groups is 4. The third-order valence-electron chi connectivity index (χ3n) is 8.93. The van der Waals surface area contributed by atoms with Gasteiger partial charge in [-0.15, -0.1) is 0 Å². The van der Waals surface area contributed by atoms with E-state index in [1.54, 1.807) is 12.1 Å². The summed E-state index contributed by atoms with van der Waals surface area (Å²) < 4.78 is 12.3. The van der Waals surface area contributed by atoms with Crippen LogP contribution >= 0.6 is 0 Å². The highest BCUT2D eigenvalue weighted by Crippen LogP contribution is 2.61. The Morgan fingerprint density at radius 2 is 0.952 bits per heavy atom. The molecule has 42 heavy (non-hydrogen) atoms. The topological polar surface area (TPSA) is 168 Å². The maximum Gasteiger partial charge on any atom is 0.336 e. The van der Waals surface area contributed by atoms with Crippen LogP contribution in [0.1, 0.15) is 85.0 Å². The first-order valence-corrected chi connectivity index (χ1v) is 13.8. The number of benzene rings is 3. The molecule has 216 valence electrons. The number of carboxylic acid groups (broad SMARTS) is 4. The molecule has 0 atom stereocenters. The van der Waals surface area contributed by atoms with Crippen molar-refractivity contribution in [3.05, 3.63) is 82.4 Å². The predicted molar refractivity (Wildman–Crippen MR) is 147 cm³/mol. The zero-order valence-electron chi connectivity index (χ0n) is 22.4. The summed E-state index contributed by atoms with van der Waals surface area (Å²) in [5.74, 6) is -1.67. The van der Waals surface area contributed by atoms with Gasteiger partial charge < -0.3 is 29.9 Å². The van der Waals surface area contributed by atoms with Crippen LogP contribution in [0.25, 0.3) is 0 Å². The first-order chi connectivity index (χ1) is 20.1. The van der Waals surface area contributed by atoms with Crippen molar-refractivity contribution < 1.29 is 49.1 Å². The van der Waals surface area contributed by atoms with E-state index in [1.165, 1.54) is 42.8 Å². The fourth-order valence-corrected chi connectivity index (χ4v) is 7.54. The largest absolute Gasteiger partial charge is 0.478 e. The second-order valence-corrected chi connectivity index (χ2v) is 11.5. The zero-order valence-corrected chi connectivity index (χ0v) is 22.4. The van der Waals surface area contributed by atoms with Gasteiger partial charge in [0.1, 0.15) is 23.0 Å². The fraction of sp³-hybridized carbons (Fsp3) is 0.312. The Labute approximate surface area is 240 Å². The predicted octanol–water partition coefficient (Wildman–Crippen LogP) is 6.60. The maximum absolute atomic E-state index is 11.8. The number of rotatable bonds is 9. The van der Waals surface area contributed by atoms with E-state index in [4.69, 9.17) is 9.47 Å². The molecule has 4 bridgehead atoms. The van der Waals surface area contributed by atoms with Crippen LogP contribution < -0.4 is 9.47 Å². The number of ether oxygens (including phenoxy) is 2. The number of aromatic carboxylic acids is 4. The Hall–Kier alpha value is -4.86. The third kappa shape index (κ3) is 5.04. The van der Waals surface area contributed by atoms with E-state index >= 15 is 0 Å². The second-order valence-electron chi connectivity index (χ2n) is 11.5. The average molecular weight is 573 g/mol. The smallest absolute Gasteiger partial charge is 0.336 e. The van der Waals surface area contributed by atoms with Gasteiger partial charge in [-0.25, -0.2) is 19.2 Å². The van der Waals surface area contributed by atoms with Crippen molar-refractivity contribution in [1.82, 2.24) is 0 Å². The highest BCUT2D eigenvalue weighted by atomic mass is 16.5. The van der Waals surface area contributed by atoms with Crippen LogP contribution in [0.2, 0.25) is 0 Å². The molecule has 10 nitrogen and oxygen atoms in total. The zero-order chi connectivity index (χ0) is 29.7. The molecule has 4 N–H and O–H groups in total. The lowest BCUT2D eigenvalue weighted by Crippen LogP contribution is -2.43. The first-order valence-electron chi connectivity index (χ1n) is 13.8. The Kier molecular flexibility index (Phi) is 6.84. The van der Waals surface area contributed by atoms with Gasteiger partial charge in [0.2, 0.25) is 0 Å². The fourth-order valence-electron chi connectivity index (χ4n) is 7.54. The molecule has 3 aromatic carbocycles. The molecule has 0 amide bonds. The minimum atomic E-state index is -1.38. The molecule has 10 heteroatoms. The Morgan fingerprint density at radius 1 is 0.524 bits per heavy atom. The lowest BCUT2D eigenvalue weighted by molar-refractivity contribution is -0.00340. The van der Waals surface area contributed by atoms with Crippen LogP contribution in [0.4, 0.5) is 0 Å². The molecule has 0 aliphatic heterocycles. The van der Waals surface area contributed by atoms with Crippen molar-refractivity contribution in [2.45, 2.75) is 38.0 Å². The molecule has 0 spiro atoms. The Bertz CT molecular complexity index is 1600. The van der Waals surface area contributed by atoms with Gasteiger partial charge in [0.15, 0.2) is 0 Å². The van der Waals surface area contributed by atoms with Crippen molar-refractivity contribution in [2.24, 2.45) is 23.7 Å². The van der Waals surface area contributed by atoms with Gasteiger partial charge in [-0.05, 0) is 116 Å². The van der Waals surface area contributed by atoms with Crippen molar-refractivity contribution in [3.8, 4) is 23.0 Å². The van der Waals surface area contributed by atoms with Gasteiger partial charge in [-0.1, -0.05) is 0 Å². The summed E-state index contributed by atoms with van der Waals surface area (Å²) in [5.41, 5.74) is -0.562. The molecule has 4 aliphatic rings. The summed E-state index contributed by atoms with van der Waals surface area (Å²) >= 11 is 0. The van der Waals surface area contributed by atoms with Crippen LogP contribution in [0.5, 0.6) is 23.0 Å². The molecule has 4 fully saturated rings. The molecule has 0 radical (unpaired) electrons. The summed E-state index contributed by atoms with van der Waals surface area (Å²) in [5, 5.41) is 37.8. The summed E-state index contributed by atoms with van der Waals surface area (Å²) in [6.07, 6.45) is 5.77. The van der Waals surface area contributed by atoms with Gasteiger partial charge in [-0.3, -0.25) is 0 Å². The third-order valence-corrected chi connectivity index (χ3v) is 8.93. The Balaban J connectivity index is 1.38. The summed E-state index contributed by atoms with van der Waals surface area (Å²) in [7, 11) is 0. The van der Waals surface area contributed by atoms with Crippen LogP contribution in [-0.2, 0) is 0 Å². The number of hydrogen-bond donors (Lipinski definition) is 4. The molecule has 0 aromatic heterocycles. The summed E-state index contributed by atoms with van der Waals surface area (Å²) in [4.78, 5) is 46.4. The molecule has 0 unspecified atom stereocenters. The molecule has 3 aromatic rings. The number of hydrogen-bond acceptors (Lipinski definition) is 6. The van der Waals surface area contributed by atoms with E-state index < -0.39 is 23.9 Å². The van der Waals surface area contributed by atoms with Crippen LogP contribution in [0.3, 0.4) is 0 Å². The van der Waals surface area contributed by atoms with Gasteiger partial charge >= 0.3 is 23.9 Å². The first kappa shape index (κ1) is 27.3. The normalized spacial score (nSPS) is 23.8. The molecule has 0 saturated heterocycles. The highest BCUT2D eigenvalue weighted by molar-refractivity contribution is 6.02. The van der Waals surface area contributed by atoms with Crippen LogP contribution in [-0.4, -0.2) is 44.3 Å². The monoisotopic (exact) mass is 572 g/mol. The van der Waals surface area contributed by atoms with Gasteiger partial charge in [0.25, 0.3) is 0 Å². The molecular weight excluding hydrogens is 544 g/mol. The van der Waals surface area contributed by atoms with E-state index in [1.807, 2.05) is 6.07 Å². The minimum Gasteiger partial charge on any atom is -0.478 e. The quantitative estimate of drug-likeness (QED) is 0.219. The SMILES string of the molecule is O=C(O)c1ccc(Oc2ccc(Oc3ccc(C(=O)O)c(C(=O)O)c3)c(C3C4CC5CC(C4)CC3C5)c2)cc1C(=O)O. The van der Waals surface area contributed by atoms with Crippen LogP contribution in [0, 0.1) is 23.7 Å². The average Bonchev–Trinajstić information content (AvgIpc) is 2.93. The molecule has 4 saturated carbocycles. The maximum atomic E-state index is 11.8. The number of carboxylic acids is 4. The van der Waals surface area contributed by atoms with E-state index in [0.717, 1.165) is 43.1 Å². The van der Waals surface area contributed by atoms with Crippen molar-refractivity contribution >= 4 is 23.9 Å². The van der Waals surface area contributed by atoms with Crippen LogP contribution in [0.15, 0.2) is 54.6 Å². The van der Waals surface area contributed by atoms with Crippen molar-refractivity contribution in [1.29, 1.82) is 0 Å². The highest BCUT2D eigenvalue weighted by Gasteiger charge is 2.49. The lowest BCUT2D eigenvalue weighted by Gasteiger charge is -2.54. The second kappa shape index (κ2) is 10.5. The molecule has 4 aliphatic carbocycles. The minimum absolute atomic E-state index is 0.164. The lowest BCUT2D eigenvalue weighted by atomic mass is 9.50. The van der Waals surface area contributed by atoms with E-state index in [0.29, 0.717) is 23.3 Å². The van der Waals surface area contributed by atoms with Gasteiger partial charge in [0, 0.05) is 5.56 Å². The van der Waals surface area contributed by atoms with Gasteiger partial charge in [0.05, 0.1) is 22.3 Å². The Morgan fingerprint density at radius 3 is 1.43 bits per heavy atom. The summed E-state index contributed by atoms with van der Waals surface area (Å²) in [6.45, 7) is 0. The van der Waals surface area contributed by atoms with E-state index in [-0.39, 0.29) is 39.7 Å². The van der Waals surface area contributed by atoms with E-state index in [9.17, 15) is 39.6 Å². The van der Waals surface area contributed by atoms with Crippen molar-refractivity contribution in [2.75, 3.05) is 0 Å². The summed E-state index contributed by atoms with van der Waals surface area (Å²) in [6, 6.07) is 12.8. The molecule has 7 rings (SSSR count). The van der Waals surface area contributed by atoms with Gasteiger partial charge in [-0.2, -0.15) is 0 Å².